The Morgan fingerprint density at radius 2 is 1.72 bits per heavy atom. The molecule has 0 radical (unpaired) electrons. The van der Waals surface area contributed by atoms with Crippen LogP contribution in [0.4, 0.5) is 0 Å². The number of nitrogens with zero attached hydrogens (tertiary/aromatic N) is 3. The van der Waals surface area contributed by atoms with Crippen molar-refractivity contribution in [1.29, 1.82) is 5.26 Å². The number of ether oxygens (including phenoxy) is 2. The molecule has 6 heteroatoms. The van der Waals surface area contributed by atoms with Crippen molar-refractivity contribution in [3.05, 3.63) is 82.2 Å². The molecule has 0 amide bonds. The number of carbonyl (C=O) groups is 1. The minimum Gasteiger partial charge on any atom is -0.490 e. The summed E-state index contributed by atoms with van der Waals surface area (Å²) in [7, 11) is 0. The van der Waals surface area contributed by atoms with Gasteiger partial charge < -0.3 is 9.47 Å². The molecule has 0 fully saturated rings. The zero-order valence-corrected chi connectivity index (χ0v) is 16.8. The summed E-state index contributed by atoms with van der Waals surface area (Å²) in [4.78, 5) is 12.5. The molecular formula is C23H23N3O3. The molecule has 2 aromatic carbocycles. The number of nitriles is 1. The van der Waals surface area contributed by atoms with E-state index in [4.69, 9.17) is 14.7 Å². The number of benzene rings is 2. The van der Waals surface area contributed by atoms with Crippen molar-refractivity contribution in [3.63, 3.8) is 0 Å². The lowest BCUT2D eigenvalue weighted by molar-refractivity contribution is 0.0448. The Kier molecular flexibility index (Phi) is 6.30. The molecule has 0 bridgehead atoms. The van der Waals surface area contributed by atoms with E-state index < -0.39 is 5.97 Å². The first kappa shape index (κ1) is 20.2. The summed E-state index contributed by atoms with van der Waals surface area (Å²) in [5.41, 5.74) is 4.81. The third-order valence-electron chi connectivity index (χ3n) is 4.61. The molecule has 148 valence electrons. The van der Waals surface area contributed by atoms with Crippen molar-refractivity contribution in [2.45, 2.75) is 27.3 Å². The van der Waals surface area contributed by atoms with Crippen LogP contribution in [0, 0.1) is 32.1 Å². The Morgan fingerprint density at radius 3 is 2.38 bits per heavy atom. The maximum Gasteiger partial charge on any atom is 0.342 e. The monoisotopic (exact) mass is 389 g/mol. The van der Waals surface area contributed by atoms with Crippen molar-refractivity contribution in [1.82, 2.24) is 9.78 Å². The van der Waals surface area contributed by atoms with E-state index in [1.807, 2.05) is 25.5 Å². The lowest BCUT2D eigenvalue weighted by Gasteiger charge is -2.08. The molecule has 0 aliphatic heterocycles. The fraction of sp³-hybridized carbons (Fsp3) is 0.261. The van der Waals surface area contributed by atoms with E-state index in [-0.39, 0.29) is 13.2 Å². The molecule has 6 nitrogen and oxygen atoms in total. The van der Waals surface area contributed by atoms with Crippen LogP contribution in [0.15, 0.2) is 48.5 Å². The van der Waals surface area contributed by atoms with Gasteiger partial charge in [0.15, 0.2) is 0 Å². The van der Waals surface area contributed by atoms with Gasteiger partial charge in [0, 0.05) is 0 Å². The highest BCUT2D eigenvalue weighted by Crippen LogP contribution is 2.17. The van der Waals surface area contributed by atoms with Crippen LogP contribution in [0.25, 0.3) is 0 Å². The molecule has 29 heavy (non-hydrogen) atoms. The molecule has 0 saturated carbocycles. The molecule has 0 aliphatic rings. The summed E-state index contributed by atoms with van der Waals surface area (Å²) in [5, 5.41) is 13.3. The van der Waals surface area contributed by atoms with E-state index >= 15 is 0 Å². The second-order valence-electron chi connectivity index (χ2n) is 6.81. The molecule has 0 unspecified atom stereocenters. The molecule has 0 atom stereocenters. The van der Waals surface area contributed by atoms with Crippen LogP contribution in [0.5, 0.6) is 5.75 Å². The van der Waals surface area contributed by atoms with E-state index in [1.54, 1.807) is 24.3 Å². The zero-order chi connectivity index (χ0) is 20.8. The first-order valence-corrected chi connectivity index (χ1v) is 9.37. The molecule has 0 saturated heterocycles. The fourth-order valence-corrected chi connectivity index (χ4v) is 3.00. The molecule has 3 rings (SSSR count). The van der Waals surface area contributed by atoms with Gasteiger partial charge in [0.1, 0.15) is 24.5 Å². The highest BCUT2D eigenvalue weighted by atomic mass is 16.6. The number of hydrogen-bond donors (Lipinski definition) is 0. The topological polar surface area (TPSA) is 77.1 Å². The van der Waals surface area contributed by atoms with Crippen LogP contribution in [0.1, 0.15) is 38.4 Å². The normalized spacial score (nSPS) is 10.4. The lowest BCUT2D eigenvalue weighted by atomic mass is 10.1. The maximum absolute atomic E-state index is 12.5. The first-order chi connectivity index (χ1) is 14.0. The number of hydrogen-bond acceptors (Lipinski definition) is 5. The van der Waals surface area contributed by atoms with Crippen molar-refractivity contribution in [3.8, 4) is 11.8 Å². The summed E-state index contributed by atoms with van der Waals surface area (Å²) in [5.74, 6) is 0.219. The summed E-state index contributed by atoms with van der Waals surface area (Å²) in [6.07, 6.45) is 0. The van der Waals surface area contributed by atoms with Crippen molar-refractivity contribution >= 4 is 5.97 Å². The van der Waals surface area contributed by atoms with Gasteiger partial charge >= 0.3 is 5.97 Å². The zero-order valence-electron chi connectivity index (χ0n) is 16.8. The van der Waals surface area contributed by atoms with Gasteiger partial charge in [-0.1, -0.05) is 29.8 Å². The van der Waals surface area contributed by atoms with E-state index in [2.05, 4.69) is 35.4 Å². The van der Waals surface area contributed by atoms with Gasteiger partial charge in [-0.15, -0.1) is 0 Å². The Morgan fingerprint density at radius 1 is 1.03 bits per heavy atom. The van der Waals surface area contributed by atoms with E-state index in [1.165, 1.54) is 5.56 Å². The van der Waals surface area contributed by atoms with Gasteiger partial charge in [0.25, 0.3) is 0 Å². The minimum atomic E-state index is -0.404. The van der Waals surface area contributed by atoms with Gasteiger partial charge in [-0.3, -0.25) is 4.68 Å². The second-order valence-corrected chi connectivity index (χ2v) is 6.81. The average Bonchev–Trinajstić information content (AvgIpc) is 3.00. The molecular weight excluding hydrogens is 366 g/mol. The van der Waals surface area contributed by atoms with Gasteiger partial charge in [0.05, 0.1) is 29.6 Å². The van der Waals surface area contributed by atoms with E-state index in [0.29, 0.717) is 29.1 Å². The smallest absolute Gasteiger partial charge is 0.342 e. The molecule has 3 aromatic rings. The third kappa shape index (κ3) is 5.02. The molecule has 0 aliphatic carbocycles. The number of aromatic nitrogens is 2. The fourth-order valence-electron chi connectivity index (χ4n) is 3.00. The number of aryl methyl sites for hydroxylation is 2. The Hall–Kier alpha value is -3.59. The van der Waals surface area contributed by atoms with Crippen LogP contribution in [0.2, 0.25) is 0 Å². The Bertz CT molecular complexity index is 1030. The average molecular weight is 389 g/mol. The van der Waals surface area contributed by atoms with Crippen molar-refractivity contribution in [2.75, 3.05) is 13.2 Å². The first-order valence-electron chi connectivity index (χ1n) is 9.37. The second kappa shape index (κ2) is 9.07. The quantitative estimate of drug-likeness (QED) is 0.451. The highest BCUT2D eigenvalue weighted by Gasteiger charge is 2.20. The standard InChI is InChI=1S/C23H23N3O3/c1-16-4-6-20(7-5-16)15-26-18(3)22(17(2)25-26)23(27)29-13-12-28-21-10-8-19(14-24)9-11-21/h4-11H,12-13,15H2,1-3H3. The lowest BCUT2D eigenvalue weighted by Crippen LogP contribution is -2.14. The van der Waals surface area contributed by atoms with Gasteiger partial charge in [-0.2, -0.15) is 10.4 Å². The van der Waals surface area contributed by atoms with Gasteiger partial charge in [-0.25, -0.2) is 4.79 Å². The summed E-state index contributed by atoms with van der Waals surface area (Å²) in [6, 6.07) is 17.1. The number of esters is 1. The molecule has 0 N–H and O–H groups in total. The summed E-state index contributed by atoms with van der Waals surface area (Å²) >= 11 is 0. The Balaban J connectivity index is 1.56. The number of rotatable bonds is 7. The molecule has 0 spiro atoms. The van der Waals surface area contributed by atoms with Crippen molar-refractivity contribution in [2.24, 2.45) is 0 Å². The molecule has 1 heterocycles. The maximum atomic E-state index is 12.5. The van der Waals surface area contributed by atoms with Crippen LogP contribution >= 0.6 is 0 Å². The van der Waals surface area contributed by atoms with Gasteiger partial charge in [-0.05, 0) is 50.6 Å². The number of carbonyl (C=O) groups excluding carboxylic acids is 1. The largest absolute Gasteiger partial charge is 0.490 e. The predicted octanol–water partition coefficient (Wildman–Crippen LogP) is 3.96. The van der Waals surface area contributed by atoms with Crippen LogP contribution in [0.3, 0.4) is 0 Å². The van der Waals surface area contributed by atoms with Crippen LogP contribution < -0.4 is 4.74 Å². The Labute approximate surface area is 170 Å². The van der Waals surface area contributed by atoms with E-state index in [9.17, 15) is 4.79 Å². The summed E-state index contributed by atoms with van der Waals surface area (Å²) in [6.45, 7) is 6.68. The predicted molar refractivity (Wildman–Crippen MR) is 109 cm³/mol. The van der Waals surface area contributed by atoms with Crippen LogP contribution in [-0.4, -0.2) is 29.0 Å². The minimum absolute atomic E-state index is 0.126. The summed E-state index contributed by atoms with van der Waals surface area (Å²) < 4.78 is 12.7. The molecule has 1 aromatic heterocycles. The van der Waals surface area contributed by atoms with Gasteiger partial charge in [0.2, 0.25) is 0 Å². The highest BCUT2D eigenvalue weighted by molar-refractivity contribution is 5.91. The SMILES string of the molecule is Cc1ccc(Cn2nc(C)c(C(=O)OCCOc3ccc(C#N)cc3)c2C)cc1. The van der Waals surface area contributed by atoms with Crippen LogP contribution in [-0.2, 0) is 11.3 Å². The third-order valence-corrected chi connectivity index (χ3v) is 4.61. The van der Waals surface area contributed by atoms with E-state index in [0.717, 1.165) is 11.3 Å². The van der Waals surface area contributed by atoms with Crippen molar-refractivity contribution < 1.29 is 14.3 Å².